The van der Waals surface area contributed by atoms with E-state index in [9.17, 15) is 9.90 Å². The molecule has 1 aliphatic rings. The molecule has 0 saturated heterocycles. The van der Waals surface area contributed by atoms with E-state index in [-0.39, 0.29) is 16.5 Å². The maximum Gasteiger partial charge on any atom is 0.219 e. The van der Waals surface area contributed by atoms with Crippen molar-refractivity contribution in [3.05, 3.63) is 35.9 Å². The van der Waals surface area contributed by atoms with Crippen LogP contribution in [-0.4, -0.2) is 34.7 Å². The molecule has 1 fully saturated rings. The number of aliphatic hydroxyl groups is 1. The average Bonchev–Trinajstić information content (AvgIpc) is 2.71. The minimum atomic E-state index is -0.384. The van der Waals surface area contributed by atoms with Crippen LogP contribution in [0.5, 0.6) is 0 Å². The molecule has 0 aromatic heterocycles. The molecule has 0 bridgehead atoms. The third kappa shape index (κ3) is 3.09. The molecule has 1 aliphatic carbocycles. The zero-order valence-corrected chi connectivity index (χ0v) is 10.6. The van der Waals surface area contributed by atoms with Gasteiger partial charge >= 0.3 is 0 Å². The van der Waals surface area contributed by atoms with E-state index in [0.29, 0.717) is 11.6 Å². The van der Waals surface area contributed by atoms with Crippen LogP contribution in [0, 0.1) is 0 Å². The minimum Gasteiger partial charge on any atom is -0.392 e. The van der Waals surface area contributed by atoms with E-state index < -0.39 is 0 Å². The van der Waals surface area contributed by atoms with Gasteiger partial charge in [-0.3, -0.25) is 4.79 Å². The van der Waals surface area contributed by atoms with E-state index in [1.54, 1.807) is 0 Å². The smallest absolute Gasteiger partial charge is 0.219 e. The lowest BCUT2D eigenvalue weighted by atomic mass is 10.2. The Labute approximate surface area is 106 Å². The Bertz CT molecular complexity index is 382. The highest BCUT2D eigenvalue weighted by molar-refractivity contribution is 8.14. The van der Waals surface area contributed by atoms with Crippen LogP contribution in [0.4, 0.5) is 0 Å². The Morgan fingerprint density at radius 2 is 2.06 bits per heavy atom. The number of carbonyl (C=O) groups excluding carboxylic acids is 1. The van der Waals surface area contributed by atoms with Gasteiger partial charge in [0.1, 0.15) is 0 Å². The fourth-order valence-electron chi connectivity index (χ4n) is 2.12. The van der Waals surface area contributed by atoms with Crippen LogP contribution in [0.15, 0.2) is 30.3 Å². The topological polar surface area (TPSA) is 49.3 Å². The number of hydrogen-bond donors (Lipinski definition) is 2. The summed E-state index contributed by atoms with van der Waals surface area (Å²) >= 11 is 1.26. The van der Waals surface area contributed by atoms with Crippen molar-refractivity contribution < 1.29 is 9.90 Å². The molecular formula is C13H17NO2S. The second kappa shape index (κ2) is 5.67. The van der Waals surface area contributed by atoms with Crippen molar-refractivity contribution in [3.8, 4) is 0 Å². The van der Waals surface area contributed by atoms with Gasteiger partial charge in [-0.1, -0.05) is 42.1 Å². The molecule has 2 N–H and O–H groups in total. The van der Waals surface area contributed by atoms with Crippen molar-refractivity contribution in [2.24, 2.45) is 0 Å². The van der Waals surface area contributed by atoms with Crippen LogP contribution >= 0.6 is 11.8 Å². The van der Waals surface area contributed by atoms with Gasteiger partial charge in [-0.15, -0.1) is 0 Å². The van der Waals surface area contributed by atoms with Crippen molar-refractivity contribution in [1.82, 2.24) is 5.32 Å². The van der Waals surface area contributed by atoms with Gasteiger partial charge in [0.25, 0.3) is 0 Å². The Morgan fingerprint density at radius 1 is 1.35 bits per heavy atom. The molecule has 1 saturated carbocycles. The second-order valence-electron chi connectivity index (χ2n) is 4.33. The summed E-state index contributed by atoms with van der Waals surface area (Å²) in [6, 6.07) is 9.55. The normalized spacial score (nSPS) is 28.2. The molecule has 1 aromatic carbocycles. The number of aliphatic hydroxyl groups excluding tert-OH is 1. The van der Waals surface area contributed by atoms with Crippen LogP contribution in [-0.2, 0) is 0 Å². The quantitative estimate of drug-likeness (QED) is 0.858. The molecule has 1 aromatic rings. The Balaban J connectivity index is 1.96. The first-order valence-corrected chi connectivity index (χ1v) is 6.70. The van der Waals surface area contributed by atoms with Gasteiger partial charge in [0.15, 0.2) is 0 Å². The summed E-state index contributed by atoms with van der Waals surface area (Å²) in [6.07, 6.45) is 1.20. The van der Waals surface area contributed by atoms with Gasteiger partial charge in [-0.25, -0.2) is 0 Å². The number of rotatable bonds is 3. The largest absolute Gasteiger partial charge is 0.392 e. The Kier molecular flexibility index (Phi) is 4.20. The molecule has 0 aliphatic heterocycles. The van der Waals surface area contributed by atoms with E-state index in [0.717, 1.165) is 12.8 Å². The molecule has 3 nitrogen and oxygen atoms in total. The summed E-state index contributed by atoms with van der Waals surface area (Å²) in [5, 5.41) is 13.1. The summed E-state index contributed by atoms with van der Waals surface area (Å²) in [7, 11) is 1.89. The molecule has 0 unspecified atom stereocenters. The molecule has 0 spiro atoms. The molecule has 92 valence electrons. The van der Waals surface area contributed by atoms with Gasteiger partial charge in [-0.2, -0.15) is 0 Å². The van der Waals surface area contributed by atoms with Crippen molar-refractivity contribution in [2.75, 3.05) is 7.05 Å². The zero-order valence-electron chi connectivity index (χ0n) is 9.80. The molecule has 0 radical (unpaired) electrons. The maximum atomic E-state index is 12.0. The summed E-state index contributed by atoms with van der Waals surface area (Å²) in [5.74, 6) is 0. The van der Waals surface area contributed by atoms with Crippen LogP contribution in [0.1, 0.15) is 23.2 Å². The van der Waals surface area contributed by atoms with Gasteiger partial charge in [-0.05, 0) is 19.9 Å². The van der Waals surface area contributed by atoms with Crippen molar-refractivity contribution >= 4 is 16.9 Å². The average molecular weight is 251 g/mol. The van der Waals surface area contributed by atoms with Gasteiger partial charge in [0, 0.05) is 16.9 Å². The minimum absolute atomic E-state index is 0.0140. The maximum absolute atomic E-state index is 12.0. The number of benzene rings is 1. The third-order valence-corrected chi connectivity index (χ3v) is 4.41. The molecular weight excluding hydrogens is 234 g/mol. The predicted molar refractivity (Wildman–Crippen MR) is 70.2 cm³/mol. The third-order valence-electron chi connectivity index (χ3n) is 3.15. The zero-order chi connectivity index (χ0) is 12.3. The number of hydrogen-bond acceptors (Lipinski definition) is 4. The lowest BCUT2D eigenvalue weighted by Crippen LogP contribution is -2.22. The van der Waals surface area contributed by atoms with Gasteiger partial charge in [0.2, 0.25) is 5.12 Å². The van der Waals surface area contributed by atoms with Crippen molar-refractivity contribution in [3.63, 3.8) is 0 Å². The monoisotopic (exact) mass is 251 g/mol. The van der Waals surface area contributed by atoms with E-state index in [1.165, 1.54) is 11.8 Å². The molecule has 0 amide bonds. The van der Waals surface area contributed by atoms with Crippen LogP contribution in [0.3, 0.4) is 0 Å². The Hall–Kier alpha value is -0.840. The summed E-state index contributed by atoms with van der Waals surface area (Å²) in [4.78, 5) is 12.0. The highest BCUT2D eigenvalue weighted by atomic mass is 32.2. The highest BCUT2D eigenvalue weighted by Gasteiger charge is 2.34. The SMILES string of the molecule is CN[C@H]1C[C@@H](O)[C@H](SC(=O)c2ccccc2)C1. The van der Waals surface area contributed by atoms with Gasteiger partial charge in [0.05, 0.1) is 6.10 Å². The number of carbonyl (C=O) groups is 1. The highest BCUT2D eigenvalue weighted by Crippen LogP contribution is 2.32. The van der Waals surface area contributed by atoms with E-state index in [4.69, 9.17) is 0 Å². The van der Waals surface area contributed by atoms with Gasteiger partial charge < -0.3 is 10.4 Å². The second-order valence-corrected chi connectivity index (χ2v) is 5.55. The predicted octanol–water partition coefficient (Wildman–Crippen LogP) is 1.67. The number of nitrogens with one attached hydrogen (secondary N) is 1. The van der Waals surface area contributed by atoms with Crippen LogP contribution < -0.4 is 5.32 Å². The number of thioether (sulfide) groups is 1. The summed E-state index contributed by atoms with van der Waals surface area (Å²) < 4.78 is 0. The summed E-state index contributed by atoms with van der Waals surface area (Å²) in [6.45, 7) is 0. The fraction of sp³-hybridized carbons (Fsp3) is 0.462. The van der Waals surface area contributed by atoms with Crippen LogP contribution in [0.25, 0.3) is 0 Å². The summed E-state index contributed by atoms with van der Waals surface area (Å²) in [5.41, 5.74) is 0.706. The molecule has 17 heavy (non-hydrogen) atoms. The first-order valence-electron chi connectivity index (χ1n) is 5.82. The molecule has 3 atom stereocenters. The van der Waals surface area contributed by atoms with E-state index >= 15 is 0 Å². The Morgan fingerprint density at radius 3 is 2.65 bits per heavy atom. The van der Waals surface area contributed by atoms with E-state index in [2.05, 4.69) is 5.32 Å². The lowest BCUT2D eigenvalue weighted by Gasteiger charge is -2.12. The fourth-order valence-corrected chi connectivity index (χ4v) is 3.26. The molecule has 4 heteroatoms. The van der Waals surface area contributed by atoms with Crippen LogP contribution in [0.2, 0.25) is 0 Å². The van der Waals surface area contributed by atoms with Crippen molar-refractivity contribution in [1.29, 1.82) is 0 Å². The molecule has 0 heterocycles. The lowest BCUT2D eigenvalue weighted by molar-refractivity contribution is 0.108. The first-order chi connectivity index (χ1) is 8.20. The van der Waals surface area contributed by atoms with Crippen molar-refractivity contribution in [2.45, 2.75) is 30.2 Å². The first kappa shape index (κ1) is 12.6. The molecule has 2 rings (SSSR count). The standard InChI is InChI=1S/C13H17NO2S/c1-14-10-7-11(15)12(8-10)17-13(16)9-5-3-2-4-6-9/h2-6,10-12,14-15H,7-8H2,1H3/t10-,11+,12+/m0/s1. The van der Waals surface area contributed by atoms with E-state index in [1.807, 2.05) is 37.4 Å².